The van der Waals surface area contributed by atoms with Gasteiger partial charge in [-0.15, -0.1) is 0 Å². The smallest absolute Gasteiger partial charge is 0.319 e. The molecule has 0 unspecified atom stereocenters. The van der Waals surface area contributed by atoms with Crippen LogP contribution >= 0.6 is 11.6 Å². The van der Waals surface area contributed by atoms with Crippen LogP contribution in [0.3, 0.4) is 0 Å². The van der Waals surface area contributed by atoms with Crippen molar-refractivity contribution in [3.05, 3.63) is 77.3 Å². The second kappa shape index (κ2) is 8.75. The molecule has 7 nitrogen and oxygen atoms in total. The van der Waals surface area contributed by atoms with E-state index in [2.05, 4.69) is 16.0 Å². The number of fused-ring (bicyclic) bond motifs is 2. The molecule has 5 rings (SSSR count). The van der Waals surface area contributed by atoms with Crippen LogP contribution in [-0.2, 0) is 16.0 Å². The van der Waals surface area contributed by atoms with Gasteiger partial charge in [-0.3, -0.25) is 9.59 Å². The van der Waals surface area contributed by atoms with Gasteiger partial charge in [-0.25, -0.2) is 4.79 Å². The standard InChI is InChI=1S/C25H23ClN4O3/c26-17-10-8-15(9-11-17)12-21-24(32)30-14-18(13-22(30)23(31)28-21)27-25(33)29-20-7-3-5-16-4-1-2-6-19(16)20/h1-11,18,21-22H,12-14H2,(H,28,31)(H2,27,29,33)/t18-,21-,22-/m0/s1. The lowest BCUT2D eigenvalue weighted by atomic mass is 10.0. The Labute approximate surface area is 196 Å². The largest absolute Gasteiger partial charge is 0.342 e. The van der Waals surface area contributed by atoms with Crippen LogP contribution in [0.15, 0.2) is 66.7 Å². The summed E-state index contributed by atoms with van der Waals surface area (Å²) in [5, 5.41) is 11.3. The summed E-state index contributed by atoms with van der Waals surface area (Å²) in [6, 6.07) is 18.9. The number of urea groups is 1. The van der Waals surface area contributed by atoms with E-state index in [4.69, 9.17) is 11.6 Å². The third kappa shape index (κ3) is 4.36. The van der Waals surface area contributed by atoms with Gasteiger partial charge in [0.15, 0.2) is 0 Å². The van der Waals surface area contributed by atoms with Gasteiger partial charge in [-0.05, 0) is 35.6 Å². The zero-order valence-electron chi connectivity index (χ0n) is 17.8. The Kier molecular flexibility index (Phi) is 5.64. The number of anilines is 1. The van der Waals surface area contributed by atoms with Crippen LogP contribution in [0, 0.1) is 0 Å². The maximum Gasteiger partial charge on any atom is 0.319 e. The first-order chi connectivity index (χ1) is 16.0. The Balaban J connectivity index is 1.23. The zero-order valence-corrected chi connectivity index (χ0v) is 18.5. The van der Waals surface area contributed by atoms with Crippen LogP contribution in [0.25, 0.3) is 10.8 Å². The van der Waals surface area contributed by atoms with E-state index in [0.717, 1.165) is 16.3 Å². The van der Waals surface area contributed by atoms with E-state index in [0.29, 0.717) is 30.1 Å². The van der Waals surface area contributed by atoms with Gasteiger partial charge in [0.05, 0.1) is 11.7 Å². The number of amides is 4. The normalized spacial score (nSPS) is 22.1. The van der Waals surface area contributed by atoms with Gasteiger partial charge >= 0.3 is 6.03 Å². The van der Waals surface area contributed by atoms with Crippen molar-refractivity contribution in [3.8, 4) is 0 Å². The fourth-order valence-corrected chi connectivity index (χ4v) is 4.76. The minimum absolute atomic E-state index is 0.131. The summed E-state index contributed by atoms with van der Waals surface area (Å²) >= 11 is 5.93. The monoisotopic (exact) mass is 462 g/mol. The van der Waals surface area contributed by atoms with Gasteiger partial charge < -0.3 is 20.9 Å². The van der Waals surface area contributed by atoms with E-state index in [1.54, 1.807) is 17.0 Å². The molecular weight excluding hydrogens is 440 g/mol. The Hall–Kier alpha value is -3.58. The minimum Gasteiger partial charge on any atom is -0.342 e. The molecule has 0 aliphatic carbocycles. The topological polar surface area (TPSA) is 90.5 Å². The highest BCUT2D eigenvalue weighted by atomic mass is 35.5. The molecule has 4 amide bonds. The fourth-order valence-electron chi connectivity index (χ4n) is 4.64. The molecule has 168 valence electrons. The number of hydrogen-bond donors (Lipinski definition) is 3. The molecule has 0 bridgehead atoms. The first-order valence-corrected chi connectivity index (χ1v) is 11.3. The van der Waals surface area contributed by atoms with Crippen molar-refractivity contribution in [2.45, 2.75) is 31.0 Å². The van der Waals surface area contributed by atoms with Crippen LogP contribution < -0.4 is 16.0 Å². The van der Waals surface area contributed by atoms with Gasteiger partial charge in [0, 0.05) is 23.4 Å². The molecule has 0 aromatic heterocycles. The molecule has 2 aliphatic rings. The summed E-state index contributed by atoms with van der Waals surface area (Å²) in [5.74, 6) is -0.319. The molecule has 33 heavy (non-hydrogen) atoms. The summed E-state index contributed by atoms with van der Waals surface area (Å²) in [4.78, 5) is 40.0. The van der Waals surface area contributed by atoms with Gasteiger partial charge in [0.2, 0.25) is 11.8 Å². The zero-order chi connectivity index (χ0) is 22.9. The van der Waals surface area contributed by atoms with Crippen molar-refractivity contribution in [1.82, 2.24) is 15.5 Å². The van der Waals surface area contributed by atoms with Gasteiger partial charge in [-0.1, -0.05) is 60.1 Å². The lowest BCUT2D eigenvalue weighted by Gasteiger charge is -2.34. The Morgan fingerprint density at radius 2 is 1.79 bits per heavy atom. The molecule has 2 saturated heterocycles. The summed E-state index contributed by atoms with van der Waals surface area (Å²) < 4.78 is 0. The van der Waals surface area contributed by atoms with Crippen LogP contribution in [0.5, 0.6) is 0 Å². The molecule has 0 spiro atoms. The Bertz CT molecular complexity index is 1220. The van der Waals surface area contributed by atoms with E-state index < -0.39 is 12.1 Å². The first-order valence-electron chi connectivity index (χ1n) is 10.9. The summed E-state index contributed by atoms with van der Waals surface area (Å²) in [6.45, 7) is 0.303. The van der Waals surface area contributed by atoms with E-state index >= 15 is 0 Å². The average Bonchev–Trinajstić information content (AvgIpc) is 3.23. The maximum absolute atomic E-state index is 13.0. The second-order valence-corrected chi connectivity index (χ2v) is 8.89. The molecule has 0 saturated carbocycles. The third-order valence-corrected chi connectivity index (χ3v) is 6.48. The number of carbonyl (C=O) groups is 3. The second-order valence-electron chi connectivity index (χ2n) is 8.46. The maximum atomic E-state index is 13.0. The lowest BCUT2D eigenvalue weighted by Crippen LogP contribution is -2.61. The molecule has 2 aliphatic heterocycles. The molecule has 2 fully saturated rings. The number of nitrogens with one attached hydrogen (secondary N) is 3. The van der Waals surface area contributed by atoms with Crippen LogP contribution in [0.1, 0.15) is 12.0 Å². The van der Waals surface area contributed by atoms with Gasteiger partial charge in [0.1, 0.15) is 12.1 Å². The fraction of sp³-hybridized carbons (Fsp3) is 0.240. The number of rotatable bonds is 4. The summed E-state index contributed by atoms with van der Waals surface area (Å²) in [5.41, 5.74) is 1.62. The molecular formula is C25H23ClN4O3. The lowest BCUT2D eigenvalue weighted by molar-refractivity contribution is -0.147. The quantitative estimate of drug-likeness (QED) is 0.555. The summed E-state index contributed by atoms with van der Waals surface area (Å²) in [7, 11) is 0. The number of benzene rings is 3. The van der Waals surface area contributed by atoms with E-state index in [1.807, 2.05) is 54.6 Å². The van der Waals surface area contributed by atoms with E-state index in [1.165, 1.54) is 0 Å². The molecule has 3 N–H and O–H groups in total. The number of halogens is 1. The SMILES string of the molecule is O=C(Nc1cccc2ccccc12)N[C@H]1C[C@H]2C(=O)N[C@@H](Cc3ccc(Cl)cc3)C(=O)N2C1. The Morgan fingerprint density at radius 3 is 2.61 bits per heavy atom. The van der Waals surface area contributed by atoms with Crippen LogP contribution in [0.4, 0.5) is 10.5 Å². The number of hydrogen-bond acceptors (Lipinski definition) is 3. The number of nitrogens with zero attached hydrogens (tertiary/aromatic N) is 1. The minimum atomic E-state index is -0.627. The van der Waals surface area contributed by atoms with Gasteiger partial charge in [0.25, 0.3) is 0 Å². The highest BCUT2D eigenvalue weighted by Crippen LogP contribution is 2.26. The highest BCUT2D eigenvalue weighted by molar-refractivity contribution is 6.30. The van der Waals surface area contributed by atoms with Crippen molar-refractivity contribution in [3.63, 3.8) is 0 Å². The molecule has 0 radical (unpaired) electrons. The van der Waals surface area contributed by atoms with Crippen LogP contribution in [-0.4, -0.2) is 47.4 Å². The molecule has 3 aromatic rings. The van der Waals surface area contributed by atoms with Crippen molar-refractivity contribution in [2.75, 3.05) is 11.9 Å². The predicted octanol–water partition coefficient (Wildman–Crippen LogP) is 3.33. The number of carbonyl (C=O) groups excluding carboxylic acids is 3. The van der Waals surface area contributed by atoms with Gasteiger partial charge in [-0.2, -0.15) is 0 Å². The van der Waals surface area contributed by atoms with Crippen LogP contribution in [0.2, 0.25) is 5.02 Å². The van der Waals surface area contributed by atoms with Crippen molar-refractivity contribution in [1.29, 1.82) is 0 Å². The van der Waals surface area contributed by atoms with Crippen molar-refractivity contribution >= 4 is 45.9 Å². The molecule has 2 heterocycles. The van der Waals surface area contributed by atoms with E-state index in [-0.39, 0.29) is 23.9 Å². The highest BCUT2D eigenvalue weighted by Gasteiger charge is 2.46. The first kappa shape index (κ1) is 21.3. The predicted molar refractivity (Wildman–Crippen MR) is 127 cm³/mol. The molecule has 3 atom stereocenters. The Morgan fingerprint density at radius 1 is 1.03 bits per heavy atom. The number of piperazine rings is 1. The average molecular weight is 463 g/mol. The molecule has 8 heteroatoms. The third-order valence-electron chi connectivity index (χ3n) is 6.23. The summed E-state index contributed by atoms with van der Waals surface area (Å²) in [6.07, 6.45) is 0.777. The van der Waals surface area contributed by atoms with Crippen molar-refractivity contribution < 1.29 is 14.4 Å². The molecule has 3 aromatic carbocycles. The van der Waals surface area contributed by atoms with E-state index in [9.17, 15) is 14.4 Å². The van der Waals surface area contributed by atoms with Crippen molar-refractivity contribution in [2.24, 2.45) is 0 Å².